The molecule has 24 heavy (non-hydrogen) atoms. The van der Waals surface area contributed by atoms with E-state index < -0.39 is 0 Å². The molecule has 1 aromatic rings. The van der Waals surface area contributed by atoms with Gasteiger partial charge in [0.05, 0.1) is 12.2 Å². The molecule has 2 heterocycles. The van der Waals surface area contributed by atoms with Crippen LogP contribution in [0.1, 0.15) is 5.56 Å². The normalized spacial score (nSPS) is 20.4. The van der Waals surface area contributed by atoms with Crippen LogP contribution < -0.4 is 4.90 Å². The highest BCUT2D eigenvalue weighted by Gasteiger charge is 2.27. The molecule has 0 radical (unpaired) electrons. The van der Waals surface area contributed by atoms with Crippen molar-refractivity contribution in [2.75, 3.05) is 25.0 Å². The van der Waals surface area contributed by atoms with Crippen LogP contribution in [0.4, 0.5) is 5.69 Å². The van der Waals surface area contributed by atoms with Crippen molar-refractivity contribution in [3.63, 3.8) is 0 Å². The number of rotatable bonds is 4. The molecule has 0 unspecified atom stereocenters. The number of thioether (sulfide) groups is 1. The molecule has 0 amide bonds. The molecular weight excluding hydrogens is 314 g/mol. The summed E-state index contributed by atoms with van der Waals surface area (Å²) in [5.74, 6) is 0. The summed E-state index contributed by atoms with van der Waals surface area (Å²) in [5, 5.41) is 8.87. The minimum absolute atomic E-state index is 0.579. The highest BCUT2D eigenvalue weighted by Crippen LogP contribution is 2.37. The molecule has 0 saturated carbocycles. The van der Waals surface area contributed by atoms with E-state index in [0.717, 1.165) is 12.1 Å². The lowest BCUT2D eigenvalue weighted by atomic mass is 10.1. The molecule has 0 atom stereocenters. The van der Waals surface area contributed by atoms with E-state index in [4.69, 9.17) is 5.41 Å². The van der Waals surface area contributed by atoms with E-state index in [-0.39, 0.29) is 0 Å². The number of amidine groups is 1. The lowest BCUT2D eigenvalue weighted by molar-refractivity contribution is 0.515. The Morgan fingerprint density at radius 3 is 2.83 bits per heavy atom. The molecule has 3 nitrogen and oxygen atoms in total. The predicted octanol–water partition coefficient (Wildman–Crippen LogP) is 4.64. The summed E-state index contributed by atoms with van der Waals surface area (Å²) in [6, 6.07) is 8.37. The van der Waals surface area contributed by atoms with Crippen LogP contribution in [0.15, 0.2) is 77.9 Å². The summed E-state index contributed by atoms with van der Waals surface area (Å²) < 4.78 is 0. The molecule has 0 aromatic heterocycles. The molecule has 1 aromatic carbocycles. The lowest BCUT2D eigenvalue weighted by Gasteiger charge is -2.27. The molecule has 1 saturated heterocycles. The van der Waals surface area contributed by atoms with Gasteiger partial charge in [-0.2, -0.15) is 0 Å². The second-order valence-electron chi connectivity index (χ2n) is 5.70. The molecule has 2 aliphatic rings. The van der Waals surface area contributed by atoms with Gasteiger partial charge in [0.25, 0.3) is 0 Å². The Balaban J connectivity index is 1.85. The zero-order chi connectivity index (χ0) is 17.1. The van der Waals surface area contributed by atoms with Crippen molar-refractivity contribution in [2.45, 2.75) is 0 Å². The van der Waals surface area contributed by atoms with Gasteiger partial charge in [0, 0.05) is 24.2 Å². The maximum atomic E-state index is 8.29. The van der Waals surface area contributed by atoms with Crippen molar-refractivity contribution >= 4 is 28.7 Å². The highest BCUT2D eigenvalue weighted by molar-refractivity contribution is 8.17. The number of hydrogen-bond acceptors (Lipinski definition) is 3. The van der Waals surface area contributed by atoms with Gasteiger partial charge in [0.1, 0.15) is 0 Å². The first kappa shape index (κ1) is 16.4. The van der Waals surface area contributed by atoms with Crippen LogP contribution in [0.2, 0.25) is 0 Å². The van der Waals surface area contributed by atoms with Gasteiger partial charge in [-0.1, -0.05) is 67.4 Å². The number of allylic oxidation sites excluding steroid dienone is 3. The Morgan fingerprint density at radius 1 is 1.29 bits per heavy atom. The summed E-state index contributed by atoms with van der Waals surface area (Å²) in [4.78, 5) is 5.48. The van der Waals surface area contributed by atoms with Gasteiger partial charge >= 0.3 is 0 Å². The highest BCUT2D eigenvalue weighted by atomic mass is 32.2. The number of fused-ring (bicyclic) bond motifs is 1. The van der Waals surface area contributed by atoms with Gasteiger partial charge in [0.15, 0.2) is 5.17 Å². The Bertz CT molecular complexity index is 786. The molecule has 2 aliphatic heterocycles. The van der Waals surface area contributed by atoms with Gasteiger partial charge in [-0.15, -0.1) is 0 Å². The fourth-order valence-corrected chi connectivity index (χ4v) is 3.92. The summed E-state index contributed by atoms with van der Waals surface area (Å²) in [7, 11) is 2.09. The average molecular weight is 335 g/mol. The van der Waals surface area contributed by atoms with Crippen LogP contribution in [0.25, 0.3) is 6.08 Å². The lowest BCUT2D eigenvalue weighted by Crippen LogP contribution is -2.26. The minimum atomic E-state index is 0.579. The third kappa shape index (κ3) is 3.10. The zero-order valence-electron chi connectivity index (χ0n) is 13.8. The van der Waals surface area contributed by atoms with Gasteiger partial charge in [-0.25, -0.2) is 0 Å². The number of benzene rings is 1. The summed E-state index contributed by atoms with van der Waals surface area (Å²) in [5.41, 5.74) is 4.66. The van der Waals surface area contributed by atoms with Crippen molar-refractivity contribution in [2.24, 2.45) is 0 Å². The van der Waals surface area contributed by atoms with Crippen LogP contribution >= 0.6 is 11.8 Å². The first-order valence-corrected chi connectivity index (χ1v) is 8.65. The van der Waals surface area contributed by atoms with Crippen molar-refractivity contribution in [3.05, 3.63) is 83.5 Å². The van der Waals surface area contributed by atoms with Crippen molar-refractivity contribution < 1.29 is 0 Å². The molecule has 122 valence electrons. The Kier molecular flexibility index (Phi) is 4.76. The average Bonchev–Trinajstić information content (AvgIpc) is 2.95. The van der Waals surface area contributed by atoms with Gasteiger partial charge in [-0.3, -0.25) is 5.41 Å². The van der Waals surface area contributed by atoms with Gasteiger partial charge in [0.2, 0.25) is 0 Å². The fourth-order valence-electron chi connectivity index (χ4n) is 2.90. The molecule has 1 N–H and O–H groups in total. The predicted molar refractivity (Wildman–Crippen MR) is 106 cm³/mol. The largest absolute Gasteiger partial charge is 0.343 e. The van der Waals surface area contributed by atoms with Crippen LogP contribution in [-0.2, 0) is 0 Å². The quantitative estimate of drug-likeness (QED) is 0.813. The van der Waals surface area contributed by atoms with Crippen molar-refractivity contribution in [3.8, 4) is 0 Å². The summed E-state index contributed by atoms with van der Waals surface area (Å²) in [6.45, 7) is 9.01. The molecule has 0 spiro atoms. The molecule has 3 rings (SSSR count). The van der Waals surface area contributed by atoms with Crippen LogP contribution in [0.5, 0.6) is 0 Å². The first-order chi connectivity index (χ1) is 11.6. The number of para-hydroxylation sites is 1. The maximum Gasteiger partial charge on any atom is 0.161 e. The first-order valence-electron chi connectivity index (χ1n) is 7.83. The fraction of sp³-hybridized carbons (Fsp3) is 0.150. The molecule has 0 aliphatic carbocycles. The van der Waals surface area contributed by atoms with Crippen molar-refractivity contribution in [1.82, 2.24) is 4.90 Å². The molecule has 1 fully saturated rings. The van der Waals surface area contributed by atoms with Crippen LogP contribution in [-0.4, -0.2) is 30.2 Å². The van der Waals surface area contributed by atoms with E-state index in [2.05, 4.69) is 66.4 Å². The molecule has 4 heteroatoms. The summed E-state index contributed by atoms with van der Waals surface area (Å²) >= 11 is 1.54. The zero-order valence-corrected chi connectivity index (χ0v) is 14.6. The molecule has 0 bridgehead atoms. The van der Waals surface area contributed by atoms with Crippen molar-refractivity contribution in [1.29, 1.82) is 5.41 Å². The number of likely N-dealkylation sites (N-methyl/N-ethyl adjacent to an activating group) is 1. The van der Waals surface area contributed by atoms with E-state index >= 15 is 0 Å². The standard InChI is InChI=1S/C20H21N3S/c1-4-8-15(5-2)13-23-14-19(24-20(23)21)18-12-11-16-9-6-7-10-17(16)22(18)3/h4-12,21H,1-2,13-14H2,3H3/b15-8+,19-18-,21-20?. The third-order valence-electron chi connectivity index (χ3n) is 4.18. The summed E-state index contributed by atoms with van der Waals surface area (Å²) in [6.07, 6.45) is 9.83. The second-order valence-corrected chi connectivity index (χ2v) is 6.79. The topological polar surface area (TPSA) is 30.3 Å². The van der Waals surface area contributed by atoms with E-state index in [9.17, 15) is 0 Å². The van der Waals surface area contributed by atoms with Gasteiger partial charge in [-0.05, 0) is 23.3 Å². The second kappa shape index (κ2) is 6.97. The Morgan fingerprint density at radius 2 is 2.08 bits per heavy atom. The van der Waals surface area contributed by atoms with E-state index in [1.807, 2.05) is 12.2 Å². The molecular formula is C20H21N3S. The SMILES string of the molecule is C=C/C=C(\C=C)CN1C/C(=C2\C=Cc3ccccc3N2C)SC1=N. The third-order valence-corrected chi connectivity index (χ3v) is 5.21. The van der Waals surface area contributed by atoms with E-state index in [0.29, 0.717) is 11.7 Å². The maximum absolute atomic E-state index is 8.29. The van der Waals surface area contributed by atoms with Crippen LogP contribution in [0, 0.1) is 5.41 Å². The van der Waals surface area contributed by atoms with Crippen LogP contribution in [0.3, 0.4) is 0 Å². The van der Waals surface area contributed by atoms with E-state index in [1.54, 1.807) is 6.08 Å². The Labute approximate surface area is 147 Å². The number of nitrogens with zero attached hydrogens (tertiary/aromatic N) is 2. The minimum Gasteiger partial charge on any atom is -0.343 e. The Hall–Kier alpha value is -2.46. The van der Waals surface area contributed by atoms with E-state index in [1.165, 1.54) is 33.6 Å². The monoisotopic (exact) mass is 335 g/mol. The smallest absolute Gasteiger partial charge is 0.161 e. The number of anilines is 1. The number of nitrogens with one attached hydrogen (secondary N) is 1. The number of hydrogen-bond donors (Lipinski definition) is 1. The van der Waals surface area contributed by atoms with Gasteiger partial charge < -0.3 is 9.80 Å².